The van der Waals surface area contributed by atoms with E-state index in [2.05, 4.69) is 71.4 Å². The third-order valence-corrected chi connectivity index (χ3v) is 5.10. The minimum Gasteiger partial charge on any atom is -0.379 e. The summed E-state index contributed by atoms with van der Waals surface area (Å²) in [5, 5.41) is 6.91. The Kier molecular flexibility index (Phi) is 7.23. The maximum absolute atomic E-state index is 5.40. The summed E-state index contributed by atoms with van der Waals surface area (Å²) in [5.74, 6) is 2.33. The Morgan fingerprint density at radius 1 is 1.04 bits per heavy atom. The van der Waals surface area contributed by atoms with Crippen molar-refractivity contribution >= 4 is 17.5 Å². The zero-order chi connectivity index (χ0) is 19.9. The van der Waals surface area contributed by atoms with Crippen LogP contribution >= 0.6 is 0 Å². The number of benzene rings is 1. The van der Waals surface area contributed by atoms with Crippen molar-refractivity contribution in [1.29, 1.82) is 0 Å². The molecular formula is C22H33N5O. The van der Waals surface area contributed by atoms with Crippen LogP contribution in [0.4, 0.5) is 17.5 Å². The maximum Gasteiger partial charge on any atom is 0.229 e. The monoisotopic (exact) mass is 383 g/mol. The molecule has 0 radical (unpaired) electrons. The summed E-state index contributed by atoms with van der Waals surface area (Å²) < 4.78 is 5.40. The van der Waals surface area contributed by atoms with Gasteiger partial charge in [-0.3, -0.25) is 4.90 Å². The van der Waals surface area contributed by atoms with Crippen LogP contribution in [-0.2, 0) is 4.74 Å². The molecule has 1 aliphatic rings. The molecule has 1 saturated heterocycles. The summed E-state index contributed by atoms with van der Waals surface area (Å²) in [6, 6.07) is 8.43. The van der Waals surface area contributed by atoms with Gasteiger partial charge in [-0.25, -0.2) is 4.98 Å². The van der Waals surface area contributed by atoms with Crippen molar-refractivity contribution in [3.8, 4) is 0 Å². The van der Waals surface area contributed by atoms with E-state index in [1.54, 1.807) is 6.20 Å². The number of rotatable bonds is 8. The van der Waals surface area contributed by atoms with E-state index in [4.69, 9.17) is 4.74 Å². The molecule has 2 heterocycles. The van der Waals surface area contributed by atoms with Crippen molar-refractivity contribution < 1.29 is 4.74 Å². The Morgan fingerprint density at radius 3 is 2.36 bits per heavy atom. The number of nitrogens with zero attached hydrogens (tertiary/aromatic N) is 3. The fourth-order valence-corrected chi connectivity index (χ4v) is 3.49. The number of aromatic nitrogens is 2. The molecule has 2 aromatic rings. The number of hydrogen-bond donors (Lipinski definition) is 2. The van der Waals surface area contributed by atoms with Crippen molar-refractivity contribution in [2.24, 2.45) is 0 Å². The minimum absolute atomic E-state index is 0.427. The van der Waals surface area contributed by atoms with Crippen LogP contribution in [0.5, 0.6) is 0 Å². The van der Waals surface area contributed by atoms with Crippen LogP contribution in [0.15, 0.2) is 30.5 Å². The predicted octanol–water partition coefficient (Wildman–Crippen LogP) is 4.21. The molecule has 3 rings (SSSR count). The van der Waals surface area contributed by atoms with Crippen molar-refractivity contribution in [2.75, 3.05) is 50.0 Å². The summed E-state index contributed by atoms with van der Waals surface area (Å²) in [6.07, 6.45) is 1.80. The quantitative estimate of drug-likeness (QED) is 0.712. The van der Waals surface area contributed by atoms with Gasteiger partial charge in [0.05, 0.1) is 13.2 Å². The standard InChI is InChI=1S/C22H33N5O/c1-16(2)18-6-5-7-19(17(3)4)21(18)26-22-24-9-8-20(25-22)23-10-11-27-12-14-28-15-13-27/h5-9,16-17H,10-15H2,1-4H3,(H2,23,24,25,26). The van der Waals surface area contributed by atoms with Crippen molar-refractivity contribution in [3.05, 3.63) is 41.6 Å². The van der Waals surface area contributed by atoms with E-state index in [9.17, 15) is 0 Å². The lowest BCUT2D eigenvalue weighted by molar-refractivity contribution is 0.0398. The van der Waals surface area contributed by atoms with E-state index in [0.29, 0.717) is 17.8 Å². The molecule has 0 aliphatic carbocycles. The minimum atomic E-state index is 0.427. The first-order chi connectivity index (χ1) is 13.5. The third kappa shape index (κ3) is 5.42. The van der Waals surface area contributed by atoms with Crippen LogP contribution in [0, 0.1) is 0 Å². The lowest BCUT2D eigenvalue weighted by Gasteiger charge is -2.26. The Labute approximate surface area is 168 Å². The summed E-state index contributed by atoms with van der Waals surface area (Å²) in [4.78, 5) is 11.5. The molecule has 0 bridgehead atoms. The van der Waals surface area contributed by atoms with Gasteiger partial charge in [-0.2, -0.15) is 4.98 Å². The average Bonchev–Trinajstić information content (AvgIpc) is 2.69. The van der Waals surface area contributed by atoms with E-state index >= 15 is 0 Å². The van der Waals surface area contributed by atoms with Crippen LogP contribution in [-0.4, -0.2) is 54.3 Å². The molecule has 0 spiro atoms. The summed E-state index contributed by atoms with van der Waals surface area (Å²) in [5.41, 5.74) is 3.72. The highest BCUT2D eigenvalue weighted by Gasteiger charge is 2.15. The highest BCUT2D eigenvalue weighted by Crippen LogP contribution is 2.33. The lowest BCUT2D eigenvalue weighted by Crippen LogP contribution is -2.39. The van der Waals surface area contributed by atoms with E-state index < -0.39 is 0 Å². The van der Waals surface area contributed by atoms with Gasteiger partial charge >= 0.3 is 0 Å². The first kappa shape index (κ1) is 20.6. The first-order valence-corrected chi connectivity index (χ1v) is 10.3. The van der Waals surface area contributed by atoms with E-state index in [1.807, 2.05) is 6.07 Å². The van der Waals surface area contributed by atoms with Crippen molar-refractivity contribution in [2.45, 2.75) is 39.5 Å². The average molecular weight is 384 g/mol. The largest absolute Gasteiger partial charge is 0.379 e. The van der Waals surface area contributed by atoms with Gasteiger partial charge in [-0.1, -0.05) is 45.9 Å². The smallest absolute Gasteiger partial charge is 0.229 e. The zero-order valence-electron chi connectivity index (χ0n) is 17.5. The van der Waals surface area contributed by atoms with Gasteiger partial charge in [0.15, 0.2) is 0 Å². The molecule has 1 aromatic carbocycles. The Hall–Kier alpha value is -2.18. The number of ether oxygens (including phenoxy) is 1. The van der Waals surface area contributed by atoms with Gasteiger partial charge < -0.3 is 15.4 Å². The second kappa shape index (κ2) is 9.85. The normalized spacial score (nSPS) is 15.2. The zero-order valence-corrected chi connectivity index (χ0v) is 17.5. The van der Waals surface area contributed by atoms with Crippen LogP contribution in [0.1, 0.15) is 50.7 Å². The summed E-state index contributed by atoms with van der Waals surface area (Å²) in [6.45, 7) is 14.4. The molecule has 1 aliphatic heterocycles. The Bertz CT molecular complexity index is 730. The molecular weight excluding hydrogens is 350 g/mol. The Morgan fingerprint density at radius 2 is 1.71 bits per heavy atom. The van der Waals surface area contributed by atoms with E-state index in [0.717, 1.165) is 50.9 Å². The number of hydrogen-bond acceptors (Lipinski definition) is 6. The van der Waals surface area contributed by atoms with Gasteiger partial charge in [0, 0.05) is 38.1 Å². The van der Waals surface area contributed by atoms with Gasteiger partial charge in [0.2, 0.25) is 5.95 Å². The molecule has 152 valence electrons. The van der Waals surface area contributed by atoms with Crippen LogP contribution in [0.25, 0.3) is 0 Å². The molecule has 2 N–H and O–H groups in total. The van der Waals surface area contributed by atoms with Gasteiger partial charge in [0.1, 0.15) is 5.82 Å². The molecule has 0 amide bonds. The number of morpholine rings is 1. The molecule has 28 heavy (non-hydrogen) atoms. The molecule has 0 atom stereocenters. The van der Waals surface area contributed by atoms with Crippen LogP contribution in [0.3, 0.4) is 0 Å². The first-order valence-electron chi connectivity index (χ1n) is 10.3. The van der Waals surface area contributed by atoms with E-state index in [1.165, 1.54) is 11.1 Å². The third-order valence-electron chi connectivity index (χ3n) is 5.10. The van der Waals surface area contributed by atoms with Crippen molar-refractivity contribution in [3.63, 3.8) is 0 Å². The van der Waals surface area contributed by atoms with Gasteiger partial charge in [-0.05, 0) is 29.0 Å². The van der Waals surface area contributed by atoms with Gasteiger partial charge in [0.25, 0.3) is 0 Å². The SMILES string of the molecule is CC(C)c1cccc(C(C)C)c1Nc1nccc(NCCN2CCOCC2)n1. The number of para-hydroxylation sites is 1. The number of nitrogens with one attached hydrogen (secondary N) is 2. The second-order valence-electron chi connectivity index (χ2n) is 7.89. The molecule has 0 saturated carbocycles. The lowest BCUT2D eigenvalue weighted by atomic mass is 9.93. The van der Waals surface area contributed by atoms with Crippen LogP contribution in [0.2, 0.25) is 0 Å². The van der Waals surface area contributed by atoms with Crippen molar-refractivity contribution in [1.82, 2.24) is 14.9 Å². The maximum atomic E-state index is 5.40. The molecule has 0 unspecified atom stereocenters. The topological polar surface area (TPSA) is 62.3 Å². The highest BCUT2D eigenvalue weighted by atomic mass is 16.5. The second-order valence-corrected chi connectivity index (χ2v) is 7.89. The molecule has 6 nitrogen and oxygen atoms in total. The molecule has 6 heteroatoms. The fourth-order valence-electron chi connectivity index (χ4n) is 3.49. The predicted molar refractivity (Wildman–Crippen MR) is 116 cm³/mol. The van der Waals surface area contributed by atoms with E-state index in [-0.39, 0.29) is 0 Å². The fraction of sp³-hybridized carbons (Fsp3) is 0.545. The summed E-state index contributed by atoms with van der Waals surface area (Å²) >= 11 is 0. The number of anilines is 3. The highest BCUT2D eigenvalue weighted by molar-refractivity contribution is 5.65. The summed E-state index contributed by atoms with van der Waals surface area (Å²) in [7, 11) is 0. The molecule has 1 aromatic heterocycles. The Balaban J connectivity index is 1.69. The van der Waals surface area contributed by atoms with Gasteiger partial charge in [-0.15, -0.1) is 0 Å². The molecule has 1 fully saturated rings. The van der Waals surface area contributed by atoms with Crippen LogP contribution < -0.4 is 10.6 Å².